The predicted octanol–water partition coefficient (Wildman–Crippen LogP) is 14.9. The highest BCUT2D eigenvalue weighted by Crippen LogP contribution is 2.53. The van der Waals surface area contributed by atoms with Gasteiger partial charge in [0.25, 0.3) is 6.71 Å². The number of hydrogen-bond donors (Lipinski definition) is 0. The molecule has 0 aliphatic carbocycles. The molecule has 0 spiro atoms. The molecule has 0 unspecified atom stereocenters. The van der Waals surface area contributed by atoms with Gasteiger partial charge in [-0.3, -0.25) is 0 Å². The Kier molecular flexibility index (Phi) is 7.65. The Morgan fingerprint density at radius 3 is 1.47 bits per heavy atom. The van der Waals surface area contributed by atoms with E-state index in [1.807, 2.05) is 0 Å². The van der Waals surface area contributed by atoms with Crippen LogP contribution in [0.25, 0.3) is 76.4 Å². The van der Waals surface area contributed by atoms with Gasteiger partial charge in [-0.1, -0.05) is 156 Å². The first-order chi connectivity index (χ1) is 31.3. The molecule has 2 aliphatic heterocycles. The molecule has 8 aromatic carbocycles. The van der Waals surface area contributed by atoms with Crippen LogP contribution in [0.5, 0.6) is 0 Å². The summed E-state index contributed by atoms with van der Waals surface area (Å²) < 4.78 is 5.37. The van der Waals surface area contributed by atoms with Crippen molar-refractivity contribution in [3.8, 4) is 5.69 Å². The minimum Gasteiger partial charge on any atom is -0.311 e. The summed E-state index contributed by atoms with van der Waals surface area (Å²) in [5.74, 6) is 0. The highest BCUT2D eigenvalue weighted by molar-refractivity contribution is 7.01. The lowest BCUT2D eigenvalue weighted by molar-refractivity contribution is 0.590. The molecule has 3 aromatic heterocycles. The van der Waals surface area contributed by atoms with Crippen LogP contribution in [-0.4, -0.2) is 15.7 Å². The molecule has 0 atom stereocenters. The number of benzene rings is 8. The zero-order chi connectivity index (χ0) is 45.7. The van der Waals surface area contributed by atoms with E-state index in [9.17, 15) is 0 Å². The Morgan fingerprint density at radius 1 is 0.394 bits per heavy atom. The van der Waals surface area contributed by atoms with E-state index in [-0.39, 0.29) is 28.4 Å². The largest absolute Gasteiger partial charge is 0.311 e. The van der Waals surface area contributed by atoms with Gasteiger partial charge in [0.2, 0.25) is 0 Å². The van der Waals surface area contributed by atoms with Crippen LogP contribution < -0.4 is 21.3 Å². The van der Waals surface area contributed by atoms with E-state index in [4.69, 9.17) is 0 Å². The zero-order valence-electron chi connectivity index (χ0n) is 40.6. The minimum atomic E-state index is -0.0715. The van der Waals surface area contributed by atoms with E-state index in [1.54, 1.807) is 0 Å². The third-order valence-electron chi connectivity index (χ3n) is 15.6. The van der Waals surface area contributed by atoms with E-state index in [2.05, 4.69) is 230 Å². The fourth-order valence-corrected chi connectivity index (χ4v) is 12.0. The Labute approximate surface area is 389 Å². The van der Waals surface area contributed by atoms with Crippen LogP contribution in [0.3, 0.4) is 0 Å². The van der Waals surface area contributed by atoms with Gasteiger partial charge in [-0.05, 0) is 132 Å². The fraction of sp³-hybridized carbons (Fsp3) is 0.258. The number of anilines is 3. The van der Waals surface area contributed by atoms with Crippen molar-refractivity contribution in [2.45, 2.75) is 105 Å². The average molecular weight is 856 g/mol. The second-order valence-corrected chi connectivity index (χ2v) is 23.9. The van der Waals surface area contributed by atoms with Gasteiger partial charge in [-0.2, -0.15) is 0 Å². The van der Waals surface area contributed by atoms with Gasteiger partial charge in [0.15, 0.2) is 0 Å². The van der Waals surface area contributed by atoms with Crippen LogP contribution >= 0.6 is 0 Å². The third-order valence-corrected chi connectivity index (χ3v) is 15.6. The summed E-state index contributed by atoms with van der Waals surface area (Å²) in [5, 5.41) is 10.5. The van der Waals surface area contributed by atoms with Crippen molar-refractivity contribution in [3.63, 3.8) is 0 Å². The van der Waals surface area contributed by atoms with Crippen molar-refractivity contribution in [1.82, 2.24) is 8.97 Å². The molecule has 13 rings (SSSR count). The SMILES string of the molecule is CC(C)(C)c1ccc2c(c1)c1cc(C(C)(C)C)cc3c1n2-c1c2c(c4c5cc(C(C)(C)C)ccc5n5c6ccc(C(C)(C)C)cc6c1c45)N(c1ccccc1)c1cc4ccccc4cc1B23. The Bertz CT molecular complexity index is 3910. The quantitative estimate of drug-likeness (QED) is 0.150. The molecule has 4 heteroatoms. The smallest absolute Gasteiger partial charge is 0.252 e. The first-order valence-electron chi connectivity index (χ1n) is 24.1. The third kappa shape index (κ3) is 5.22. The van der Waals surface area contributed by atoms with E-state index >= 15 is 0 Å². The molecule has 11 aromatic rings. The van der Waals surface area contributed by atoms with Crippen LogP contribution in [0, 0.1) is 0 Å². The highest BCUT2D eigenvalue weighted by Gasteiger charge is 2.46. The number of hydrogen-bond acceptors (Lipinski definition) is 1. The Morgan fingerprint density at radius 2 is 0.894 bits per heavy atom. The lowest BCUT2D eigenvalue weighted by Gasteiger charge is -2.41. The van der Waals surface area contributed by atoms with Gasteiger partial charge in [0.1, 0.15) is 0 Å². The van der Waals surface area contributed by atoms with E-state index in [1.165, 1.54) is 132 Å². The van der Waals surface area contributed by atoms with Crippen molar-refractivity contribution in [2.75, 3.05) is 4.90 Å². The van der Waals surface area contributed by atoms with Gasteiger partial charge in [-0.25, -0.2) is 0 Å². The van der Waals surface area contributed by atoms with Crippen molar-refractivity contribution in [3.05, 3.63) is 156 Å². The van der Waals surface area contributed by atoms with Gasteiger partial charge >= 0.3 is 0 Å². The van der Waals surface area contributed by atoms with Crippen molar-refractivity contribution in [2.24, 2.45) is 0 Å². The molecule has 0 fully saturated rings. The second-order valence-electron chi connectivity index (χ2n) is 23.9. The molecule has 0 saturated heterocycles. The highest BCUT2D eigenvalue weighted by atomic mass is 15.2. The molecule has 3 nitrogen and oxygen atoms in total. The molecular formula is C62H58BN3. The number of fused-ring (bicyclic) bond motifs is 16. The second kappa shape index (κ2) is 12.7. The minimum absolute atomic E-state index is 0.00461. The summed E-state index contributed by atoms with van der Waals surface area (Å²) in [4.78, 5) is 2.66. The average Bonchev–Trinajstić information content (AvgIpc) is 3.90. The number of rotatable bonds is 1. The summed E-state index contributed by atoms with van der Waals surface area (Å²) in [5.41, 5.74) is 21.0. The summed E-state index contributed by atoms with van der Waals surface area (Å²) >= 11 is 0. The molecular weight excluding hydrogens is 798 g/mol. The number of para-hydroxylation sites is 1. The van der Waals surface area contributed by atoms with Gasteiger partial charge in [0, 0.05) is 49.2 Å². The summed E-state index contributed by atoms with van der Waals surface area (Å²) in [7, 11) is 0. The first kappa shape index (κ1) is 39.8. The number of aromatic nitrogens is 2. The summed E-state index contributed by atoms with van der Waals surface area (Å²) in [6.07, 6.45) is 0. The monoisotopic (exact) mass is 855 g/mol. The summed E-state index contributed by atoms with van der Waals surface area (Å²) in [6, 6.07) is 52.5. The van der Waals surface area contributed by atoms with Crippen LogP contribution in [0.1, 0.15) is 105 Å². The molecule has 2 aliphatic rings. The van der Waals surface area contributed by atoms with E-state index < -0.39 is 0 Å². The van der Waals surface area contributed by atoms with Crippen LogP contribution in [0.15, 0.2) is 133 Å². The van der Waals surface area contributed by atoms with Crippen molar-refractivity contribution < 1.29 is 0 Å². The maximum atomic E-state index is 2.74. The molecule has 324 valence electrons. The Hall–Kier alpha value is -6.52. The Balaban J connectivity index is 1.36. The van der Waals surface area contributed by atoms with Crippen molar-refractivity contribution in [1.29, 1.82) is 0 Å². The molecule has 0 bridgehead atoms. The standard InChI is InChI=1S/C62H58BN3/c1-59(2,3)37-22-25-48-42(30-37)43-33-40(62(10,11)12)34-47-55(43)66(48)58-53-45-32-39(61(7,8)9)24-27-50(45)65-49-26-23-38(60(4,5)6)31-44(49)52(56(53)65)57-54(58)63(47)46-28-35-18-16-17-19-36(35)29-51(46)64(57)41-20-14-13-15-21-41/h13-34H,1-12H3. The zero-order valence-corrected chi connectivity index (χ0v) is 40.6. The van der Waals surface area contributed by atoms with E-state index in [0.29, 0.717) is 0 Å². The summed E-state index contributed by atoms with van der Waals surface area (Å²) in [6.45, 7) is 28.3. The lowest BCUT2D eigenvalue weighted by atomic mass is 9.33. The van der Waals surface area contributed by atoms with Crippen molar-refractivity contribution >= 4 is 111 Å². The van der Waals surface area contributed by atoms with Gasteiger partial charge in [-0.15, -0.1) is 0 Å². The van der Waals surface area contributed by atoms with Crippen LogP contribution in [0.4, 0.5) is 17.1 Å². The normalized spacial score (nSPS) is 14.3. The molecule has 5 heterocycles. The van der Waals surface area contributed by atoms with E-state index in [0.717, 1.165) is 0 Å². The molecule has 66 heavy (non-hydrogen) atoms. The maximum absolute atomic E-state index is 2.74. The predicted molar refractivity (Wildman–Crippen MR) is 287 cm³/mol. The van der Waals surface area contributed by atoms with Crippen LogP contribution in [-0.2, 0) is 21.7 Å². The number of nitrogens with zero attached hydrogens (tertiary/aromatic N) is 3. The maximum Gasteiger partial charge on any atom is 0.252 e. The molecule has 0 amide bonds. The lowest BCUT2D eigenvalue weighted by Crippen LogP contribution is -2.60. The topological polar surface area (TPSA) is 12.6 Å². The first-order valence-corrected chi connectivity index (χ1v) is 24.1. The van der Waals surface area contributed by atoms with Crippen LogP contribution in [0.2, 0.25) is 0 Å². The fourth-order valence-electron chi connectivity index (χ4n) is 12.0. The molecule has 0 N–H and O–H groups in total. The molecule has 0 radical (unpaired) electrons. The van der Waals surface area contributed by atoms with Gasteiger partial charge in [0.05, 0.1) is 33.4 Å². The van der Waals surface area contributed by atoms with Gasteiger partial charge < -0.3 is 13.9 Å². The molecule has 0 saturated carbocycles.